The second-order valence-corrected chi connectivity index (χ2v) is 6.02. The molecule has 0 aliphatic heterocycles. The molecule has 104 valence electrons. The first-order valence-electron chi connectivity index (χ1n) is 6.51. The molecule has 0 radical (unpaired) electrons. The highest BCUT2D eigenvalue weighted by atomic mass is 32.1. The number of aliphatic hydroxyl groups is 1. The fourth-order valence-electron chi connectivity index (χ4n) is 2.06. The van der Waals surface area contributed by atoms with Gasteiger partial charge in [-0.25, -0.2) is 4.98 Å². The summed E-state index contributed by atoms with van der Waals surface area (Å²) in [6, 6.07) is 4.23. The quantitative estimate of drug-likeness (QED) is 0.852. The molecule has 2 rings (SSSR count). The maximum atomic E-state index is 9.52. The number of hydrogen-bond donors (Lipinski definition) is 2. The van der Waals surface area contributed by atoms with Crippen molar-refractivity contribution in [2.75, 3.05) is 6.61 Å². The zero-order chi connectivity index (χ0) is 13.8. The highest BCUT2D eigenvalue weighted by Gasteiger charge is 2.24. The van der Waals surface area contributed by atoms with Gasteiger partial charge >= 0.3 is 0 Å². The van der Waals surface area contributed by atoms with E-state index in [2.05, 4.69) is 35.6 Å². The smallest absolute Gasteiger partial charge is 0.131 e. The summed E-state index contributed by atoms with van der Waals surface area (Å²) in [6.45, 7) is 4.35. The Hall–Kier alpha value is -1.17. The third-order valence-corrected chi connectivity index (χ3v) is 4.26. The Morgan fingerprint density at radius 3 is 2.74 bits per heavy atom. The van der Waals surface area contributed by atoms with E-state index in [4.69, 9.17) is 0 Å². The minimum atomic E-state index is 0.0274. The van der Waals surface area contributed by atoms with E-state index in [1.54, 1.807) is 17.5 Å². The van der Waals surface area contributed by atoms with Gasteiger partial charge in [0.15, 0.2) is 0 Å². The molecule has 2 N–H and O–H groups in total. The van der Waals surface area contributed by atoms with Gasteiger partial charge in [-0.1, -0.05) is 19.9 Å². The average Bonchev–Trinajstić information content (AvgIpc) is 3.02. The first kappa shape index (κ1) is 14.2. The second-order valence-electron chi connectivity index (χ2n) is 5.04. The van der Waals surface area contributed by atoms with Crippen LogP contribution in [0.1, 0.15) is 30.6 Å². The molecule has 2 aromatic heterocycles. The highest BCUT2D eigenvalue weighted by Crippen LogP contribution is 2.26. The van der Waals surface area contributed by atoms with E-state index in [0.717, 1.165) is 5.82 Å². The van der Waals surface area contributed by atoms with E-state index in [9.17, 15) is 5.11 Å². The Balaban J connectivity index is 2.28. The Morgan fingerprint density at radius 2 is 2.26 bits per heavy atom. The van der Waals surface area contributed by atoms with Crippen molar-refractivity contribution < 1.29 is 5.11 Å². The van der Waals surface area contributed by atoms with Crippen molar-refractivity contribution in [3.63, 3.8) is 0 Å². The van der Waals surface area contributed by atoms with Gasteiger partial charge in [0, 0.05) is 30.4 Å². The third kappa shape index (κ3) is 3.23. The van der Waals surface area contributed by atoms with Crippen LogP contribution >= 0.6 is 11.3 Å². The average molecular weight is 279 g/mol. The number of aliphatic hydroxyl groups excluding tert-OH is 1. The molecule has 2 unspecified atom stereocenters. The number of hydrogen-bond acceptors (Lipinski definition) is 4. The molecule has 2 atom stereocenters. The van der Waals surface area contributed by atoms with Crippen LogP contribution in [-0.2, 0) is 7.05 Å². The summed E-state index contributed by atoms with van der Waals surface area (Å²) < 4.78 is 2.02. The monoisotopic (exact) mass is 279 g/mol. The third-order valence-electron chi connectivity index (χ3n) is 3.33. The molecule has 19 heavy (non-hydrogen) atoms. The molecular formula is C14H21N3OS. The van der Waals surface area contributed by atoms with E-state index >= 15 is 0 Å². The molecular weight excluding hydrogens is 258 g/mol. The molecule has 0 spiro atoms. The fraction of sp³-hybridized carbons (Fsp3) is 0.500. The lowest BCUT2D eigenvalue weighted by Crippen LogP contribution is -2.40. The Kier molecular flexibility index (Phi) is 4.74. The summed E-state index contributed by atoms with van der Waals surface area (Å²) in [5.41, 5.74) is 0. The lowest BCUT2D eigenvalue weighted by Gasteiger charge is -2.26. The van der Waals surface area contributed by atoms with Gasteiger partial charge in [0.25, 0.3) is 0 Å². The Bertz CT molecular complexity index is 493. The first-order chi connectivity index (χ1) is 9.13. The zero-order valence-electron chi connectivity index (χ0n) is 11.6. The first-order valence-corrected chi connectivity index (χ1v) is 7.39. The van der Waals surface area contributed by atoms with Gasteiger partial charge in [0.2, 0.25) is 0 Å². The maximum absolute atomic E-state index is 9.52. The SMILES string of the molecule is CC(C)C(CO)NC(c1cccs1)c1nccn1C. The number of rotatable bonds is 6. The molecule has 0 aromatic carbocycles. The Labute approximate surface area is 118 Å². The number of thiophene rings is 1. The van der Waals surface area contributed by atoms with Crippen molar-refractivity contribution in [1.82, 2.24) is 14.9 Å². The molecule has 5 heteroatoms. The van der Waals surface area contributed by atoms with Crippen molar-refractivity contribution >= 4 is 11.3 Å². The van der Waals surface area contributed by atoms with Crippen LogP contribution in [0.2, 0.25) is 0 Å². The van der Waals surface area contributed by atoms with Crippen molar-refractivity contribution in [2.24, 2.45) is 13.0 Å². The summed E-state index contributed by atoms with van der Waals surface area (Å²) in [6.07, 6.45) is 3.75. The van der Waals surface area contributed by atoms with Crippen molar-refractivity contribution in [1.29, 1.82) is 0 Å². The van der Waals surface area contributed by atoms with Crippen LogP contribution in [-0.4, -0.2) is 27.3 Å². The topological polar surface area (TPSA) is 50.1 Å². The molecule has 4 nitrogen and oxygen atoms in total. The van der Waals surface area contributed by atoms with Crippen molar-refractivity contribution in [2.45, 2.75) is 25.9 Å². The Morgan fingerprint density at radius 1 is 1.47 bits per heavy atom. The summed E-state index contributed by atoms with van der Waals surface area (Å²) in [4.78, 5) is 5.66. The molecule has 0 aliphatic carbocycles. The van der Waals surface area contributed by atoms with Crippen LogP contribution in [0, 0.1) is 5.92 Å². The molecule has 0 fully saturated rings. The summed E-state index contributed by atoms with van der Waals surface area (Å²) in [7, 11) is 1.99. The largest absolute Gasteiger partial charge is 0.395 e. The molecule has 2 aromatic rings. The van der Waals surface area contributed by atoms with E-state index in [1.165, 1.54) is 4.88 Å². The van der Waals surface area contributed by atoms with Crippen LogP contribution in [0.4, 0.5) is 0 Å². The zero-order valence-corrected chi connectivity index (χ0v) is 12.4. The number of aryl methyl sites for hydroxylation is 1. The maximum Gasteiger partial charge on any atom is 0.131 e. The summed E-state index contributed by atoms with van der Waals surface area (Å²) in [5, 5.41) is 15.1. The van der Waals surface area contributed by atoms with Gasteiger partial charge in [-0.3, -0.25) is 5.32 Å². The number of aromatic nitrogens is 2. The van der Waals surface area contributed by atoms with Gasteiger partial charge in [-0.15, -0.1) is 11.3 Å². The summed E-state index contributed by atoms with van der Waals surface area (Å²) in [5.74, 6) is 1.34. The highest BCUT2D eigenvalue weighted by molar-refractivity contribution is 7.10. The lowest BCUT2D eigenvalue weighted by molar-refractivity contribution is 0.203. The molecule has 0 aliphatic rings. The van der Waals surface area contributed by atoms with E-state index in [0.29, 0.717) is 5.92 Å². The predicted molar refractivity (Wildman–Crippen MR) is 78.2 cm³/mol. The van der Waals surface area contributed by atoms with Gasteiger partial charge in [-0.2, -0.15) is 0 Å². The fourth-order valence-corrected chi connectivity index (χ4v) is 2.85. The number of nitrogens with one attached hydrogen (secondary N) is 1. The van der Waals surface area contributed by atoms with Crippen molar-refractivity contribution in [3.05, 3.63) is 40.6 Å². The minimum absolute atomic E-state index is 0.0274. The number of imidazole rings is 1. The van der Waals surface area contributed by atoms with Crippen LogP contribution in [0.15, 0.2) is 29.9 Å². The van der Waals surface area contributed by atoms with Gasteiger partial charge in [0.1, 0.15) is 11.9 Å². The summed E-state index contributed by atoms with van der Waals surface area (Å²) >= 11 is 1.70. The van der Waals surface area contributed by atoms with Crippen LogP contribution in [0.3, 0.4) is 0 Å². The molecule has 0 saturated carbocycles. The van der Waals surface area contributed by atoms with Crippen LogP contribution < -0.4 is 5.32 Å². The normalized spacial score (nSPS) is 14.8. The van der Waals surface area contributed by atoms with E-state index in [-0.39, 0.29) is 18.7 Å². The number of nitrogens with zero attached hydrogens (tertiary/aromatic N) is 2. The van der Waals surface area contributed by atoms with Gasteiger partial charge < -0.3 is 9.67 Å². The van der Waals surface area contributed by atoms with Crippen molar-refractivity contribution in [3.8, 4) is 0 Å². The molecule has 0 bridgehead atoms. The minimum Gasteiger partial charge on any atom is -0.395 e. The standard InChI is InChI=1S/C14H21N3OS/c1-10(2)11(9-18)16-13(12-5-4-8-19-12)14-15-6-7-17(14)3/h4-8,10-11,13,16,18H,9H2,1-3H3. The van der Waals surface area contributed by atoms with Gasteiger partial charge in [-0.05, 0) is 17.4 Å². The molecule has 0 amide bonds. The van der Waals surface area contributed by atoms with Gasteiger partial charge in [0.05, 0.1) is 6.61 Å². The van der Waals surface area contributed by atoms with Crippen LogP contribution in [0.25, 0.3) is 0 Å². The molecule has 2 heterocycles. The second kappa shape index (κ2) is 6.32. The van der Waals surface area contributed by atoms with E-state index < -0.39 is 0 Å². The predicted octanol–water partition coefficient (Wildman–Crippen LogP) is 2.18. The van der Waals surface area contributed by atoms with E-state index in [1.807, 2.05) is 23.9 Å². The lowest BCUT2D eigenvalue weighted by atomic mass is 10.0. The molecule has 0 saturated heterocycles. The van der Waals surface area contributed by atoms with Crippen LogP contribution in [0.5, 0.6) is 0 Å².